The summed E-state index contributed by atoms with van der Waals surface area (Å²) in [6, 6.07) is 1.66. The average molecular weight is 250 g/mol. The lowest BCUT2D eigenvalue weighted by molar-refractivity contribution is -0.0279. The third-order valence-corrected chi connectivity index (χ3v) is 3.02. The molecule has 2 rings (SSSR count). The summed E-state index contributed by atoms with van der Waals surface area (Å²) in [6.07, 6.45) is 1.41. The number of carboxylic acid groups (broad SMARTS) is 1. The Hall–Kier alpha value is -1.62. The minimum Gasteiger partial charge on any atom is -0.478 e. The maximum atomic E-state index is 10.9. The maximum absolute atomic E-state index is 10.9. The fourth-order valence-electron chi connectivity index (χ4n) is 2.21. The van der Waals surface area contributed by atoms with Gasteiger partial charge in [0.15, 0.2) is 0 Å². The van der Waals surface area contributed by atoms with Gasteiger partial charge in [-0.05, 0) is 32.4 Å². The Kier molecular flexibility index (Phi) is 3.26. The van der Waals surface area contributed by atoms with E-state index in [1.165, 1.54) is 6.20 Å². The van der Waals surface area contributed by atoms with Crippen LogP contribution in [0.5, 0.6) is 0 Å². The smallest absolute Gasteiger partial charge is 0.337 e. The molecular formula is C13H18N2O3. The SMILES string of the molecule is Cc1cc(C(=O)O)cnc1N1CCOC(C)(C)C1. The van der Waals surface area contributed by atoms with Gasteiger partial charge in [0, 0.05) is 19.3 Å². The molecule has 0 saturated carbocycles. The molecule has 0 amide bonds. The summed E-state index contributed by atoms with van der Waals surface area (Å²) in [4.78, 5) is 17.3. The molecule has 5 heteroatoms. The molecule has 0 spiro atoms. The van der Waals surface area contributed by atoms with Gasteiger partial charge in [0.25, 0.3) is 0 Å². The van der Waals surface area contributed by atoms with Gasteiger partial charge in [0.1, 0.15) is 5.82 Å². The molecule has 1 aromatic heterocycles. The number of aromatic carboxylic acids is 1. The Bertz CT molecular complexity index is 471. The molecule has 98 valence electrons. The zero-order valence-electron chi connectivity index (χ0n) is 10.9. The van der Waals surface area contributed by atoms with Crippen LogP contribution in [-0.4, -0.2) is 41.4 Å². The van der Waals surface area contributed by atoms with Gasteiger partial charge in [-0.3, -0.25) is 0 Å². The summed E-state index contributed by atoms with van der Waals surface area (Å²) in [6.45, 7) is 8.17. The van der Waals surface area contributed by atoms with E-state index in [1.54, 1.807) is 6.07 Å². The number of aromatic nitrogens is 1. The molecule has 2 heterocycles. The largest absolute Gasteiger partial charge is 0.478 e. The number of ether oxygens (including phenoxy) is 1. The van der Waals surface area contributed by atoms with Gasteiger partial charge in [-0.1, -0.05) is 0 Å². The highest BCUT2D eigenvalue weighted by molar-refractivity contribution is 5.87. The van der Waals surface area contributed by atoms with Crippen molar-refractivity contribution in [2.75, 3.05) is 24.6 Å². The van der Waals surface area contributed by atoms with E-state index in [2.05, 4.69) is 9.88 Å². The van der Waals surface area contributed by atoms with Crippen LogP contribution in [0.1, 0.15) is 29.8 Å². The minimum atomic E-state index is -0.945. The molecule has 0 atom stereocenters. The molecule has 5 nitrogen and oxygen atoms in total. The van der Waals surface area contributed by atoms with Crippen LogP contribution < -0.4 is 4.90 Å². The number of carbonyl (C=O) groups is 1. The number of hydrogen-bond donors (Lipinski definition) is 1. The Morgan fingerprint density at radius 3 is 2.83 bits per heavy atom. The van der Waals surface area contributed by atoms with E-state index in [0.29, 0.717) is 6.61 Å². The molecule has 18 heavy (non-hydrogen) atoms. The highest BCUT2D eigenvalue weighted by Gasteiger charge is 2.28. The third kappa shape index (κ3) is 2.61. The van der Waals surface area contributed by atoms with Gasteiger partial charge >= 0.3 is 5.97 Å². The van der Waals surface area contributed by atoms with Crippen LogP contribution >= 0.6 is 0 Å². The van der Waals surface area contributed by atoms with Crippen LogP contribution in [0.2, 0.25) is 0 Å². The van der Waals surface area contributed by atoms with Crippen LogP contribution in [-0.2, 0) is 4.74 Å². The van der Waals surface area contributed by atoms with Gasteiger partial charge < -0.3 is 14.7 Å². The lowest BCUT2D eigenvalue weighted by atomic mass is 10.1. The number of morpholine rings is 1. The molecule has 1 N–H and O–H groups in total. The monoisotopic (exact) mass is 250 g/mol. The van der Waals surface area contributed by atoms with E-state index in [9.17, 15) is 4.79 Å². The second kappa shape index (κ2) is 4.57. The fraction of sp³-hybridized carbons (Fsp3) is 0.538. The predicted molar refractivity (Wildman–Crippen MR) is 68.2 cm³/mol. The molecule has 1 aliphatic rings. The molecule has 0 bridgehead atoms. The fourth-order valence-corrected chi connectivity index (χ4v) is 2.21. The van der Waals surface area contributed by atoms with E-state index in [1.807, 2.05) is 20.8 Å². The molecule has 0 radical (unpaired) electrons. The quantitative estimate of drug-likeness (QED) is 0.865. The van der Waals surface area contributed by atoms with Gasteiger partial charge in [0.05, 0.1) is 17.8 Å². The molecule has 0 aromatic carbocycles. The van der Waals surface area contributed by atoms with E-state index >= 15 is 0 Å². The van der Waals surface area contributed by atoms with Crippen LogP contribution in [0.4, 0.5) is 5.82 Å². The topological polar surface area (TPSA) is 62.7 Å². The van der Waals surface area contributed by atoms with Crippen molar-refractivity contribution in [2.24, 2.45) is 0 Å². The van der Waals surface area contributed by atoms with Crippen molar-refractivity contribution in [1.29, 1.82) is 0 Å². The number of carboxylic acids is 1. The highest BCUT2D eigenvalue weighted by atomic mass is 16.5. The molecule has 1 fully saturated rings. The number of pyridine rings is 1. The molecule has 1 aromatic rings. The van der Waals surface area contributed by atoms with Gasteiger partial charge in [-0.2, -0.15) is 0 Å². The van der Waals surface area contributed by atoms with E-state index in [-0.39, 0.29) is 11.2 Å². The summed E-state index contributed by atoms with van der Waals surface area (Å²) >= 11 is 0. The van der Waals surface area contributed by atoms with E-state index in [0.717, 1.165) is 24.5 Å². The summed E-state index contributed by atoms with van der Waals surface area (Å²) in [5.74, 6) is -0.101. The first kappa shape index (κ1) is 12.8. The van der Waals surface area contributed by atoms with Gasteiger partial charge in [-0.25, -0.2) is 9.78 Å². The van der Waals surface area contributed by atoms with Gasteiger partial charge in [-0.15, -0.1) is 0 Å². The zero-order chi connectivity index (χ0) is 13.3. The van der Waals surface area contributed by atoms with Crippen LogP contribution in [0, 0.1) is 6.92 Å². The number of aryl methyl sites for hydroxylation is 1. The predicted octanol–water partition coefficient (Wildman–Crippen LogP) is 1.70. The standard InChI is InChI=1S/C13H18N2O3/c1-9-6-10(12(16)17)7-14-11(9)15-4-5-18-13(2,3)8-15/h6-7H,4-5,8H2,1-3H3,(H,16,17). The molecule has 1 saturated heterocycles. The van der Waals surface area contributed by atoms with Crippen molar-refractivity contribution < 1.29 is 14.6 Å². The van der Waals surface area contributed by atoms with E-state index in [4.69, 9.17) is 9.84 Å². The molecular weight excluding hydrogens is 232 g/mol. The first-order chi connectivity index (χ1) is 8.39. The van der Waals surface area contributed by atoms with Crippen molar-refractivity contribution in [1.82, 2.24) is 4.98 Å². The van der Waals surface area contributed by atoms with Crippen molar-refractivity contribution in [2.45, 2.75) is 26.4 Å². The van der Waals surface area contributed by atoms with Crippen LogP contribution in [0.15, 0.2) is 12.3 Å². The maximum Gasteiger partial charge on any atom is 0.337 e. The highest BCUT2D eigenvalue weighted by Crippen LogP contribution is 2.24. The first-order valence-electron chi connectivity index (χ1n) is 5.98. The van der Waals surface area contributed by atoms with Crippen molar-refractivity contribution in [3.63, 3.8) is 0 Å². The third-order valence-electron chi connectivity index (χ3n) is 3.02. The second-order valence-corrected chi connectivity index (χ2v) is 5.20. The Morgan fingerprint density at radius 1 is 1.56 bits per heavy atom. The minimum absolute atomic E-state index is 0.197. The summed E-state index contributed by atoms with van der Waals surface area (Å²) in [5, 5.41) is 8.92. The summed E-state index contributed by atoms with van der Waals surface area (Å²) < 4.78 is 5.66. The number of hydrogen-bond acceptors (Lipinski definition) is 4. The second-order valence-electron chi connectivity index (χ2n) is 5.20. The van der Waals surface area contributed by atoms with Crippen LogP contribution in [0.3, 0.4) is 0 Å². The van der Waals surface area contributed by atoms with Crippen molar-refractivity contribution >= 4 is 11.8 Å². The summed E-state index contributed by atoms with van der Waals surface area (Å²) in [7, 11) is 0. The Labute approximate surface area is 106 Å². The molecule has 1 aliphatic heterocycles. The summed E-state index contributed by atoms with van der Waals surface area (Å²) in [5.41, 5.74) is 0.911. The lowest BCUT2D eigenvalue weighted by Crippen LogP contribution is -2.48. The Morgan fingerprint density at radius 2 is 2.28 bits per heavy atom. The number of rotatable bonds is 2. The first-order valence-corrected chi connectivity index (χ1v) is 5.98. The van der Waals surface area contributed by atoms with Crippen molar-refractivity contribution in [3.8, 4) is 0 Å². The van der Waals surface area contributed by atoms with E-state index < -0.39 is 5.97 Å². The number of nitrogens with zero attached hydrogens (tertiary/aromatic N) is 2. The van der Waals surface area contributed by atoms with Gasteiger partial charge in [0.2, 0.25) is 0 Å². The number of anilines is 1. The zero-order valence-corrected chi connectivity index (χ0v) is 10.9. The van der Waals surface area contributed by atoms with Crippen LogP contribution in [0.25, 0.3) is 0 Å². The lowest BCUT2D eigenvalue weighted by Gasteiger charge is -2.39. The molecule has 0 aliphatic carbocycles. The molecule has 0 unspecified atom stereocenters. The normalized spacial score (nSPS) is 18.7. The Balaban J connectivity index is 2.26. The average Bonchev–Trinajstić information content (AvgIpc) is 2.27. The van der Waals surface area contributed by atoms with Crippen molar-refractivity contribution in [3.05, 3.63) is 23.4 Å².